The first-order chi connectivity index (χ1) is 9.92. The molecule has 0 aromatic heterocycles. The van der Waals surface area contributed by atoms with Crippen molar-refractivity contribution in [3.63, 3.8) is 0 Å². The first kappa shape index (κ1) is 17.2. The van der Waals surface area contributed by atoms with Gasteiger partial charge in [0.25, 0.3) is 0 Å². The molecule has 0 saturated carbocycles. The number of anilines is 1. The van der Waals surface area contributed by atoms with Gasteiger partial charge in [0.2, 0.25) is 11.8 Å². The normalized spacial score (nSPS) is 11.8. The van der Waals surface area contributed by atoms with Crippen molar-refractivity contribution in [2.75, 3.05) is 18.9 Å². The van der Waals surface area contributed by atoms with Crippen molar-refractivity contribution < 1.29 is 9.59 Å². The van der Waals surface area contributed by atoms with Gasteiger partial charge in [-0.3, -0.25) is 9.59 Å². The summed E-state index contributed by atoms with van der Waals surface area (Å²) in [7, 11) is 1.76. The zero-order valence-electron chi connectivity index (χ0n) is 13.3. The molecule has 5 nitrogen and oxygen atoms in total. The second-order valence-corrected chi connectivity index (χ2v) is 5.29. The Hall–Kier alpha value is -1.88. The monoisotopic (exact) mass is 291 g/mol. The van der Waals surface area contributed by atoms with Crippen LogP contribution in [0.3, 0.4) is 0 Å². The van der Waals surface area contributed by atoms with Gasteiger partial charge in [0.05, 0.1) is 0 Å². The number of carbonyl (C=O) groups excluding carboxylic acids is 2. The van der Waals surface area contributed by atoms with Crippen molar-refractivity contribution in [3.8, 4) is 0 Å². The lowest BCUT2D eigenvalue weighted by Crippen LogP contribution is -2.30. The number of rotatable bonds is 7. The largest absolute Gasteiger partial charge is 0.342 e. The first-order valence-corrected chi connectivity index (χ1v) is 7.26. The maximum atomic E-state index is 11.9. The van der Waals surface area contributed by atoms with E-state index in [4.69, 9.17) is 0 Å². The molecule has 1 aromatic rings. The van der Waals surface area contributed by atoms with E-state index in [0.29, 0.717) is 13.0 Å². The highest BCUT2D eigenvalue weighted by Gasteiger charge is 2.09. The Kier molecular flexibility index (Phi) is 6.88. The van der Waals surface area contributed by atoms with Crippen LogP contribution in [0, 0.1) is 0 Å². The quantitative estimate of drug-likeness (QED) is 0.807. The summed E-state index contributed by atoms with van der Waals surface area (Å²) in [5.41, 5.74) is 1.75. The first-order valence-electron chi connectivity index (χ1n) is 7.26. The lowest BCUT2D eigenvalue weighted by molar-refractivity contribution is -0.128. The Bertz CT molecular complexity index is 488. The summed E-state index contributed by atoms with van der Waals surface area (Å²) in [6.07, 6.45) is 0.436. The van der Waals surface area contributed by atoms with E-state index in [1.165, 1.54) is 6.92 Å². The van der Waals surface area contributed by atoms with Gasteiger partial charge in [-0.05, 0) is 31.2 Å². The molecule has 0 bridgehead atoms. The van der Waals surface area contributed by atoms with E-state index in [-0.39, 0.29) is 17.9 Å². The van der Waals surface area contributed by atoms with Crippen molar-refractivity contribution in [2.24, 2.45) is 0 Å². The summed E-state index contributed by atoms with van der Waals surface area (Å²) < 4.78 is 0. The topological polar surface area (TPSA) is 61.4 Å². The van der Waals surface area contributed by atoms with Crippen LogP contribution >= 0.6 is 0 Å². The van der Waals surface area contributed by atoms with Crippen LogP contribution in [0.15, 0.2) is 24.3 Å². The van der Waals surface area contributed by atoms with E-state index in [2.05, 4.69) is 10.6 Å². The minimum absolute atomic E-state index is 0.0134. The lowest BCUT2D eigenvalue weighted by Gasteiger charge is -2.16. The van der Waals surface area contributed by atoms with E-state index in [1.807, 2.05) is 38.1 Å². The van der Waals surface area contributed by atoms with E-state index >= 15 is 0 Å². The third kappa shape index (κ3) is 6.40. The predicted molar refractivity (Wildman–Crippen MR) is 85.0 cm³/mol. The molecule has 0 saturated heterocycles. The maximum Gasteiger partial charge on any atom is 0.225 e. The molecule has 1 atom stereocenters. The highest BCUT2D eigenvalue weighted by Crippen LogP contribution is 2.13. The third-order valence-corrected chi connectivity index (χ3v) is 3.21. The van der Waals surface area contributed by atoms with Crippen molar-refractivity contribution >= 4 is 17.5 Å². The van der Waals surface area contributed by atoms with E-state index in [0.717, 1.165) is 17.8 Å². The van der Waals surface area contributed by atoms with Crippen LogP contribution in [0.2, 0.25) is 0 Å². The zero-order valence-corrected chi connectivity index (χ0v) is 13.3. The lowest BCUT2D eigenvalue weighted by atomic mass is 10.1. The number of carbonyl (C=O) groups is 2. The van der Waals surface area contributed by atoms with Crippen LogP contribution in [0.4, 0.5) is 5.69 Å². The molecule has 1 unspecified atom stereocenters. The van der Waals surface area contributed by atoms with Crippen LogP contribution in [-0.4, -0.2) is 36.3 Å². The molecule has 0 radical (unpaired) electrons. The number of nitrogens with zero attached hydrogens (tertiary/aromatic N) is 1. The molecule has 0 aliphatic carbocycles. The number of amides is 2. The second kappa shape index (κ2) is 8.42. The molecule has 0 aliphatic rings. The molecule has 2 N–H and O–H groups in total. The standard InChI is InChI=1S/C16H25N3O2/c1-5-17-12(2)9-16(21)18-15-8-6-7-14(10-15)11-19(4)13(3)20/h6-8,10,12,17H,5,9,11H2,1-4H3,(H,18,21). The molecule has 0 heterocycles. The molecule has 1 aromatic carbocycles. The summed E-state index contributed by atoms with van der Waals surface area (Å²) in [6, 6.07) is 7.73. The molecule has 5 heteroatoms. The van der Waals surface area contributed by atoms with Gasteiger partial charge in [0.1, 0.15) is 0 Å². The number of hydrogen-bond acceptors (Lipinski definition) is 3. The molecular weight excluding hydrogens is 266 g/mol. The second-order valence-electron chi connectivity index (χ2n) is 5.29. The van der Waals surface area contributed by atoms with E-state index in [9.17, 15) is 9.59 Å². The van der Waals surface area contributed by atoms with Gasteiger partial charge < -0.3 is 15.5 Å². The van der Waals surface area contributed by atoms with Crippen molar-refractivity contribution in [1.82, 2.24) is 10.2 Å². The highest BCUT2D eigenvalue weighted by molar-refractivity contribution is 5.91. The smallest absolute Gasteiger partial charge is 0.225 e. The van der Waals surface area contributed by atoms with E-state index in [1.54, 1.807) is 11.9 Å². The summed E-state index contributed by atoms with van der Waals surface area (Å²) in [5, 5.41) is 6.10. The Morgan fingerprint density at radius 1 is 1.33 bits per heavy atom. The number of hydrogen-bond donors (Lipinski definition) is 2. The van der Waals surface area contributed by atoms with Crippen LogP contribution < -0.4 is 10.6 Å². The van der Waals surface area contributed by atoms with Crippen LogP contribution in [0.5, 0.6) is 0 Å². The number of nitrogens with one attached hydrogen (secondary N) is 2. The van der Waals surface area contributed by atoms with Crippen molar-refractivity contribution in [2.45, 2.75) is 39.8 Å². The summed E-state index contributed by atoms with van der Waals surface area (Å²) in [4.78, 5) is 24.8. The minimum atomic E-state index is -0.0134. The molecule has 2 amide bonds. The van der Waals surface area contributed by atoms with Gasteiger partial charge in [-0.25, -0.2) is 0 Å². The highest BCUT2D eigenvalue weighted by atomic mass is 16.2. The van der Waals surface area contributed by atoms with Gasteiger partial charge in [-0.1, -0.05) is 19.1 Å². The van der Waals surface area contributed by atoms with Crippen LogP contribution in [-0.2, 0) is 16.1 Å². The van der Waals surface area contributed by atoms with Gasteiger partial charge in [0, 0.05) is 38.7 Å². The summed E-state index contributed by atoms with van der Waals surface area (Å²) >= 11 is 0. The SMILES string of the molecule is CCNC(C)CC(=O)Nc1cccc(CN(C)C(C)=O)c1. The Balaban J connectivity index is 2.60. The summed E-state index contributed by atoms with van der Waals surface area (Å²) in [5.74, 6) is 0.00410. The van der Waals surface area contributed by atoms with Crippen molar-refractivity contribution in [1.29, 1.82) is 0 Å². The molecule has 0 spiro atoms. The average Bonchev–Trinajstić information content (AvgIpc) is 2.38. The summed E-state index contributed by atoms with van der Waals surface area (Å²) in [6.45, 7) is 6.92. The zero-order chi connectivity index (χ0) is 15.8. The minimum Gasteiger partial charge on any atom is -0.342 e. The number of benzene rings is 1. The fourth-order valence-electron chi connectivity index (χ4n) is 2.04. The Morgan fingerprint density at radius 2 is 2.05 bits per heavy atom. The van der Waals surface area contributed by atoms with Gasteiger partial charge >= 0.3 is 0 Å². The fraction of sp³-hybridized carbons (Fsp3) is 0.500. The molecule has 0 aliphatic heterocycles. The molecular formula is C16H25N3O2. The Morgan fingerprint density at radius 3 is 2.67 bits per heavy atom. The maximum absolute atomic E-state index is 11.9. The molecule has 1 rings (SSSR count). The van der Waals surface area contributed by atoms with Gasteiger partial charge in [-0.15, -0.1) is 0 Å². The third-order valence-electron chi connectivity index (χ3n) is 3.21. The molecule has 116 valence electrons. The molecule has 21 heavy (non-hydrogen) atoms. The average molecular weight is 291 g/mol. The van der Waals surface area contributed by atoms with Gasteiger partial charge in [-0.2, -0.15) is 0 Å². The molecule has 0 fully saturated rings. The van der Waals surface area contributed by atoms with Crippen molar-refractivity contribution in [3.05, 3.63) is 29.8 Å². The van der Waals surface area contributed by atoms with Crippen LogP contribution in [0.1, 0.15) is 32.8 Å². The predicted octanol–water partition coefficient (Wildman–Crippen LogP) is 1.99. The fourth-order valence-corrected chi connectivity index (χ4v) is 2.04. The Labute approximate surface area is 126 Å². The van der Waals surface area contributed by atoms with Gasteiger partial charge in [0.15, 0.2) is 0 Å². The van der Waals surface area contributed by atoms with E-state index < -0.39 is 0 Å². The van der Waals surface area contributed by atoms with Crippen LogP contribution in [0.25, 0.3) is 0 Å².